The smallest absolute Gasteiger partial charge is 0.200 e. The average molecular weight is 260 g/mol. The van der Waals surface area contributed by atoms with Crippen molar-refractivity contribution in [3.8, 4) is 5.88 Å². The van der Waals surface area contributed by atoms with Crippen molar-refractivity contribution in [2.24, 2.45) is 5.92 Å². The number of hydrogen-bond acceptors (Lipinski definition) is 4. The molecule has 102 valence electrons. The molecule has 5 nitrogen and oxygen atoms in total. The number of ether oxygens (including phenoxy) is 1. The Morgan fingerprint density at radius 1 is 1.37 bits per heavy atom. The highest BCUT2D eigenvalue weighted by atomic mass is 16.5. The molecular weight excluding hydrogens is 240 g/mol. The largest absolute Gasteiger partial charge is 0.482 e. The first kappa shape index (κ1) is 12.4. The Bertz CT molecular complexity index is 566. The number of hydrogen-bond donors (Lipinski definition) is 0. The third-order valence-corrected chi connectivity index (χ3v) is 3.86. The molecule has 0 aromatic carbocycles. The van der Waals surface area contributed by atoms with Crippen LogP contribution in [0.15, 0.2) is 18.2 Å². The molecule has 0 radical (unpaired) electrons. The second-order valence-corrected chi connectivity index (χ2v) is 5.35. The fourth-order valence-corrected chi connectivity index (χ4v) is 2.96. The molecule has 1 fully saturated rings. The number of piperidine rings is 1. The van der Waals surface area contributed by atoms with E-state index in [0.717, 1.165) is 30.3 Å². The maximum absolute atomic E-state index is 5.41. The summed E-state index contributed by atoms with van der Waals surface area (Å²) in [5, 5.41) is 8.57. The lowest BCUT2D eigenvalue weighted by Gasteiger charge is -2.29. The highest BCUT2D eigenvalue weighted by Gasteiger charge is 2.20. The molecule has 0 saturated carbocycles. The van der Waals surface area contributed by atoms with Crippen molar-refractivity contribution in [2.45, 2.75) is 19.3 Å². The van der Waals surface area contributed by atoms with Gasteiger partial charge in [0.2, 0.25) is 5.88 Å². The number of aromatic nitrogens is 3. The van der Waals surface area contributed by atoms with Crippen molar-refractivity contribution in [3.05, 3.63) is 24.0 Å². The van der Waals surface area contributed by atoms with Gasteiger partial charge in [-0.1, -0.05) is 6.07 Å². The first-order valence-electron chi connectivity index (χ1n) is 6.83. The van der Waals surface area contributed by atoms with Gasteiger partial charge in [0.1, 0.15) is 5.82 Å². The molecule has 1 saturated heterocycles. The minimum atomic E-state index is 0.663. The van der Waals surface area contributed by atoms with Gasteiger partial charge >= 0.3 is 0 Å². The summed E-state index contributed by atoms with van der Waals surface area (Å²) in [6.45, 7) is 2.35. The molecular formula is C14H20N4O. The molecule has 1 atom stereocenters. The summed E-state index contributed by atoms with van der Waals surface area (Å²) in [5.41, 5.74) is 0.860. The summed E-state index contributed by atoms with van der Waals surface area (Å²) in [7, 11) is 3.88. The quantitative estimate of drug-likeness (QED) is 0.841. The highest BCUT2D eigenvalue weighted by Crippen LogP contribution is 2.22. The van der Waals surface area contributed by atoms with E-state index in [0.29, 0.717) is 5.92 Å². The highest BCUT2D eigenvalue weighted by molar-refractivity contribution is 5.42. The van der Waals surface area contributed by atoms with Gasteiger partial charge in [-0.15, -0.1) is 10.2 Å². The van der Waals surface area contributed by atoms with E-state index in [1.807, 2.05) is 22.6 Å². The van der Waals surface area contributed by atoms with Gasteiger partial charge in [-0.3, -0.25) is 0 Å². The standard InChI is InChI=1S/C14H20N4O/c1-17-8-4-5-11(10-17)9-13-16-15-12-6-3-7-14(19-2)18(12)13/h3,6-7,11H,4-5,8-10H2,1-2H3. The Hall–Kier alpha value is -1.62. The minimum Gasteiger partial charge on any atom is -0.482 e. The first-order valence-corrected chi connectivity index (χ1v) is 6.83. The van der Waals surface area contributed by atoms with Gasteiger partial charge < -0.3 is 9.64 Å². The van der Waals surface area contributed by atoms with Crippen molar-refractivity contribution in [2.75, 3.05) is 27.2 Å². The van der Waals surface area contributed by atoms with E-state index in [1.165, 1.54) is 19.4 Å². The van der Waals surface area contributed by atoms with E-state index < -0.39 is 0 Å². The molecule has 1 unspecified atom stereocenters. The van der Waals surface area contributed by atoms with E-state index in [4.69, 9.17) is 4.74 Å². The second kappa shape index (κ2) is 5.17. The van der Waals surface area contributed by atoms with E-state index in [2.05, 4.69) is 22.1 Å². The summed E-state index contributed by atoms with van der Waals surface area (Å²) in [5.74, 6) is 2.48. The number of pyridine rings is 1. The Kier molecular flexibility index (Phi) is 3.38. The fourth-order valence-electron chi connectivity index (χ4n) is 2.96. The normalized spacial score (nSPS) is 20.8. The first-order chi connectivity index (χ1) is 9.28. The van der Waals surface area contributed by atoms with Gasteiger partial charge in [0.25, 0.3) is 0 Å². The van der Waals surface area contributed by atoms with Crippen LogP contribution in [0.5, 0.6) is 5.88 Å². The van der Waals surface area contributed by atoms with Gasteiger partial charge in [-0.2, -0.15) is 0 Å². The van der Waals surface area contributed by atoms with Crippen LogP contribution in [0.3, 0.4) is 0 Å². The van der Waals surface area contributed by atoms with Crippen molar-refractivity contribution < 1.29 is 4.74 Å². The molecule has 5 heteroatoms. The van der Waals surface area contributed by atoms with Gasteiger partial charge in [0.05, 0.1) is 7.11 Å². The Morgan fingerprint density at radius 3 is 3.05 bits per heavy atom. The predicted octanol–water partition coefficient (Wildman–Crippen LogP) is 1.62. The topological polar surface area (TPSA) is 42.7 Å². The minimum absolute atomic E-state index is 0.663. The zero-order chi connectivity index (χ0) is 13.2. The molecule has 0 spiro atoms. The number of likely N-dealkylation sites (tertiary alicyclic amines) is 1. The van der Waals surface area contributed by atoms with Crippen molar-refractivity contribution in [1.29, 1.82) is 0 Å². The SMILES string of the molecule is COc1cccc2nnc(CC3CCCN(C)C3)n12. The van der Waals surface area contributed by atoms with E-state index >= 15 is 0 Å². The van der Waals surface area contributed by atoms with Crippen LogP contribution in [0.2, 0.25) is 0 Å². The molecule has 0 N–H and O–H groups in total. The predicted molar refractivity (Wildman–Crippen MR) is 73.5 cm³/mol. The molecule has 1 aliphatic heterocycles. The van der Waals surface area contributed by atoms with Gasteiger partial charge in [-0.25, -0.2) is 4.40 Å². The van der Waals surface area contributed by atoms with Crippen LogP contribution in [-0.4, -0.2) is 46.7 Å². The van der Waals surface area contributed by atoms with Crippen LogP contribution in [-0.2, 0) is 6.42 Å². The molecule has 2 aromatic heterocycles. The maximum Gasteiger partial charge on any atom is 0.200 e. The van der Waals surface area contributed by atoms with Gasteiger partial charge in [-0.05, 0) is 44.5 Å². The molecule has 3 rings (SSSR count). The molecule has 2 aromatic rings. The number of fused-ring (bicyclic) bond motifs is 1. The van der Waals surface area contributed by atoms with Crippen LogP contribution < -0.4 is 4.74 Å². The Morgan fingerprint density at radius 2 is 2.26 bits per heavy atom. The lowest BCUT2D eigenvalue weighted by atomic mass is 9.95. The van der Waals surface area contributed by atoms with Crippen LogP contribution in [0.25, 0.3) is 5.65 Å². The van der Waals surface area contributed by atoms with E-state index in [9.17, 15) is 0 Å². The summed E-state index contributed by atoms with van der Waals surface area (Å²) in [4.78, 5) is 2.40. The Balaban J connectivity index is 1.88. The number of methoxy groups -OCH3 is 1. The summed E-state index contributed by atoms with van der Waals surface area (Å²) >= 11 is 0. The molecule has 3 heterocycles. The van der Waals surface area contributed by atoms with E-state index in [1.54, 1.807) is 7.11 Å². The summed E-state index contributed by atoms with van der Waals surface area (Å²) < 4.78 is 7.43. The zero-order valence-electron chi connectivity index (χ0n) is 11.5. The summed E-state index contributed by atoms with van der Waals surface area (Å²) in [6.07, 6.45) is 3.51. The van der Waals surface area contributed by atoms with Crippen molar-refractivity contribution in [3.63, 3.8) is 0 Å². The molecule has 0 aliphatic carbocycles. The van der Waals surface area contributed by atoms with Crippen LogP contribution in [0.4, 0.5) is 0 Å². The second-order valence-electron chi connectivity index (χ2n) is 5.35. The van der Waals surface area contributed by atoms with Gasteiger partial charge in [0, 0.05) is 13.0 Å². The Labute approximate surface area is 113 Å². The number of rotatable bonds is 3. The molecule has 0 amide bonds. The number of nitrogens with zero attached hydrogens (tertiary/aromatic N) is 4. The van der Waals surface area contributed by atoms with Gasteiger partial charge in [0.15, 0.2) is 5.65 Å². The van der Waals surface area contributed by atoms with Crippen LogP contribution in [0, 0.1) is 5.92 Å². The molecule has 19 heavy (non-hydrogen) atoms. The maximum atomic E-state index is 5.41. The third-order valence-electron chi connectivity index (χ3n) is 3.86. The monoisotopic (exact) mass is 260 g/mol. The van der Waals surface area contributed by atoms with Crippen molar-refractivity contribution >= 4 is 5.65 Å². The lowest BCUT2D eigenvalue weighted by Crippen LogP contribution is -2.33. The molecule has 0 bridgehead atoms. The fraction of sp³-hybridized carbons (Fsp3) is 0.571. The van der Waals surface area contributed by atoms with Crippen LogP contribution >= 0.6 is 0 Å². The third kappa shape index (κ3) is 2.42. The zero-order valence-corrected chi connectivity index (χ0v) is 11.5. The van der Waals surface area contributed by atoms with Crippen LogP contribution in [0.1, 0.15) is 18.7 Å². The lowest BCUT2D eigenvalue weighted by molar-refractivity contribution is 0.207. The van der Waals surface area contributed by atoms with E-state index in [-0.39, 0.29) is 0 Å². The summed E-state index contributed by atoms with van der Waals surface area (Å²) in [6, 6.07) is 5.86. The average Bonchev–Trinajstić information content (AvgIpc) is 2.82. The molecule has 1 aliphatic rings. The van der Waals surface area contributed by atoms with Crippen molar-refractivity contribution in [1.82, 2.24) is 19.5 Å².